The molecule has 2 N–H and O–H groups in total. The van der Waals surface area contributed by atoms with E-state index in [4.69, 9.17) is 9.47 Å². The molecule has 3 aromatic rings. The van der Waals surface area contributed by atoms with Crippen molar-refractivity contribution in [3.8, 4) is 17.4 Å². The van der Waals surface area contributed by atoms with Crippen molar-refractivity contribution in [3.05, 3.63) is 61.7 Å². The van der Waals surface area contributed by atoms with Crippen LogP contribution in [0.4, 0.5) is 11.5 Å². The quantitative estimate of drug-likeness (QED) is 0.428. The van der Waals surface area contributed by atoms with Crippen LogP contribution < -0.4 is 20.3 Å². The molecule has 162 valence electrons. The molecular formula is C19H20N6O6. The van der Waals surface area contributed by atoms with Crippen molar-refractivity contribution in [1.82, 2.24) is 19.7 Å². The molecule has 0 radical (unpaired) electrons. The number of nitrogens with one attached hydrogen (secondary N) is 2. The van der Waals surface area contributed by atoms with E-state index in [0.717, 1.165) is 6.07 Å². The highest BCUT2D eigenvalue weighted by molar-refractivity contribution is 6.07. The standard InChI is InChI=1S/C19H20N6O6/c1-5-11-7-17(26)22-19(20-11)24-16(6-10(2)23-24)21-18(27)12-8-14(30-3)15(31-4)9-13(12)25(28)29/h6-9H,5H2,1-4H3,(H,21,27)(H,20,22,26). The van der Waals surface area contributed by atoms with Gasteiger partial charge in [0.2, 0.25) is 5.95 Å². The van der Waals surface area contributed by atoms with Gasteiger partial charge in [-0.15, -0.1) is 0 Å². The van der Waals surface area contributed by atoms with Gasteiger partial charge in [-0.3, -0.25) is 24.7 Å². The maximum absolute atomic E-state index is 12.9. The summed E-state index contributed by atoms with van der Waals surface area (Å²) in [6.45, 7) is 3.53. The fourth-order valence-corrected chi connectivity index (χ4v) is 2.91. The SMILES string of the molecule is CCc1cc(=O)[nH]c(-n2nc(C)cc2NC(=O)c2cc(OC)c(OC)cc2[N+](=O)[O-])n1. The lowest BCUT2D eigenvalue weighted by atomic mass is 10.1. The van der Waals surface area contributed by atoms with E-state index in [9.17, 15) is 19.7 Å². The van der Waals surface area contributed by atoms with Crippen LogP contribution in [0.15, 0.2) is 29.1 Å². The highest BCUT2D eigenvalue weighted by atomic mass is 16.6. The summed E-state index contributed by atoms with van der Waals surface area (Å²) in [6, 6.07) is 5.24. The van der Waals surface area contributed by atoms with Gasteiger partial charge in [0.05, 0.1) is 30.9 Å². The lowest BCUT2D eigenvalue weighted by Gasteiger charge is -2.12. The summed E-state index contributed by atoms with van der Waals surface area (Å²) in [5.41, 5.74) is -0.00144. The molecule has 0 unspecified atom stereocenters. The number of aryl methyl sites for hydroxylation is 2. The number of benzene rings is 1. The Bertz CT molecular complexity index is 1220. The third kappa shape index (κ3) is 4.37. The van der Waals surface area contributed by atoms with Gasteiger partial charge in [-0.25, -0.2) is 4.98 Å². The van der Waals surface area contributed by atoms with Crippen molar-refractivity contribution >= 4 is 17.4 Å². The molecular weight excluding hydrogens is 408 g/mol. The van der Waals surface area contributed by atoms with Crippen molar-refractivity contribution in [1.29, 1.82) is 0 Å². The lowest BCUT2D eigenvalue weighted by Crippen LogP contribution is -2.20. The average molecular weight is 428 g/mol. The lowest BCUT2D eigenvalue weighted by molar-refractivity contribution is -0.385. The normalized spacial score (nSPS) is 10.6. The highest BCUT2D eigenvalue weighted by Crippen LogP contribution is 2.35. The molecule has 2 aromatic heterocycles. The van der Waals surface area contributed by atoms with Crippen LogP contribution in [-0.4, -0.2) is 44.8 Å². The zero-order chi connectivity index (χ0) is 22.7. The zero-order valence-corrected chi connectivity index (χ0v) is 17.3. The summed E-state index contributed by atoms with van der Waals surface area (Å²) < 4.78 is 11.5. The van der Waals surface area contributed by atoms with Gasteiger partial charge in [0.1, 0.15) is 11.4 Å². The largest absolute Gasteiger partial charge is 0.493 e. The smallest absolute Gasteiger partial charge is 0.286 e. The second-order valence-corrected chi connectivity index (χ2v) is 6.43. The number of rotatable bonds is 7. The number of aromatic nitrogens is 4. The fraction of sp³-hybridized carbons (Fsp3) is 0.263. The van der Waals surface area contributed by atoms with Crippen LogP contribution in [0.3, 0.4) is 0 Å². The Morgan fingerprint density at radius 1 is 1.23 bits per heavy atom. The molecule has 0 saturated carbocycles. The number of methoxy groups -OCH3 is 2. The number of aromatic amines is 1. The molecule has 0 fully saturated rings. The molecule has 3 rings (SSSR count). The number of carbonyl (C=O) groups excluding carboxylic acids is 1. The van der Waals surface area contributed by atoms with E-state index in [2.05, 4.69) is 20.4 Å². The molecule has 2 heterocycles. The highest BCUT2D eigenvalue weighted by Gasteiger charge is 2.26. The third-order valence-electron chi connectivity index (χ3n) is 4.36. The number of carbonyl (C=O) groups is 1. The topological polar surface area (TPSA) is 154 Å². The van der Waals surface area contributed by atoms with Gasteiger partial charge in [0, 0.05) is 23.9 Å². The van der Waals surface area contributed by atoms with E-state index in [-0.39, 0.29) is 34.4 Å². The first-order chi connectivity index (χ1) is 14.8. The molecule has 0 aliphatic carbocycles. The first kappa shape index (κ1) is 21.5. The van der Waals surface area contributed by atoms with Crippen molar-refractivity contribution < 1.29 is 19.2 Å². The summed E-state index contributed by atoms with van der Waals surface area (Å²) >= 11 is 0. The van der Waals surface area contributed by atoms with Gasteiger partial charge >= 0.3 is 0 Å². The predicted octanol–water partition coefficient (Wildman–Crippen LogP) is 2.00. The average Bonchev–Trinajstić information content (AvgIpc) is 3.11. The second kappa shape index (κ2) is 8.65. The van der Waals surface area contributed by atoms with Crippen LogP contribution >= 0.6 is 0 Å². The molecule has 0 aliphatic rings. The Morgan fingerprint density at radius 3 is 2.52 bits per heavy atom. The molecule has 0 aliphatic heterocycles. The number of nitro benzene ring substituents is 1. The zero-order valence-electron chi connectivity index (χ0n) is 17.3. The number of ether oxygens (including phenoxy) is 2. The van der Waals surface area contributed by atoms with E-state index in [1.54, 1.807) is 13.0 Å². The predicted molar refractivity (Wildman–Crippen MR) is 110 cm³/mol. The molecule has 12 nitrogen and oxygen atoms in total. The Balaban J connectivity index is 2.05. The number of hydrogen-bond donors (Lipinski definition) is 2. The van der Waals surface area contributed by atoms with Gasteiger partial charge in [-0.05, 0) is 13.3 Å². The summed E-state index contributed by atoms with van der Waals surface area (Å²) in [5.74, 6) is -0.227. The molecule has 0 saturated heterocycles. The van der Waals surface area contributed by atoms with E-state index in [0.29, 0.717) is 17.8 Å². The van der Waals surface area contributed by atoms with Crippen molar-refractivity contribution in [2.45, 2.75) is 20.3 Å². The number of amides is 1. The molecule has 0 spiro atoms. The minimum Gasteiger partial charge on any atom is -0.493 e. The van der Waals surface area contributed by atoms with Crippen molar-refractivity contribution in [2.75, 3.05) is 19.5 Å². The summed E-state index contributed by atoms with van der Waals surface area (Å²) in [4.78, 5) is 42.6. The Hall–Kier alpha value is -4.22. The van der Waals surface area contributed by atoms with Gasteiger partial charge in [-0.2, -0.15) is 9.78 Å². The van der Waals surface area contributed by atoms with Gasteiger partial charge < -0.3 is 14.8 Å². The van der Waals surface area contributed by atoms with Gasteiger partial charge in [0.15, 0.2) is 11.5 Å². The number of hydrogen-bond acceptors (Lipinski definition) is 8. The number of anilines is 1. The number of nitrogens with zero attached hydrogens (tertiary/aromatic N) is 4. The fourth-order valence-electron chi connectivity index (χ4n) is 2.91. The van der Waals surface area contributed by atoms with Crippen LogP contribution in [0.5, 0.6) is 11.5 Å². The van der Waals surface area contributed by atoms with Crippen molar-refractivity contribution in [3.63, 3.8) is 0 Å². The van der Waals surface area contributed by atoms with Gasteiger partial charge in [-0.1, -0.05) is 6.92 Å². The first-order valence-electron chi connectivity index (χ1n) is 9.16. The second-order valence-electron chi connectivity index (χ2n) is 6.43. The van der Waals surface area contributed by atoms with E-state index in [1.807, 2.05) is 6.92 Å². The summed E-state index contributed by atoms with van der Waals surface area (Å²) in [7, 11) is 2.69. The van der Waals surface area contributed by atoms with E-state index < -0.39 is 16.5 Å². The Morgan fingerprint density at radius 2 is 1.90 bits per heavy atom. The minimum absolute atomic E-state index is 0.106. The summed E-state index contributed by atoms with van der Waals surface area (Å²) in [5, 5.41) is 18.3. The van der Waals surface area contributed by atoms with E-state index in [1.165, 1.54) is 31.0 Å². The maximum Gasteiger partial charge on any atom is 0.286 e. The number of H-pyrrole nitrogens is 1. The Labute approximate surface area is 176 Å². The molecule has 31 heavy (non-hydrogen) atoms. The minimum atomic E-state index is -0.775. The first-order valence-corrected chi connectivity index (χ1v) is 9.16. The third-order valence-corrected chi connectivity index (χ3v) is 4.36. The molecule has 1 amide bonds. The molecule has 0 atom stereocenters. The van der Waals surface area contributed by atoms with E-state index >= 15 is 0 Å². The molecule has 1 aromatic carbocycles. The van der Waals surface area contributed by atoms with Crippen LogP contribution in [0.2, 0.25) is 0 Å². The summed E-state index contributed by atoms with van der Waals surface area (Å²) in [6.07, 6.45) is 0.525. The van der Waals surface area contributed by atoms with Crippen LogP contribution in [-0.2, 0) is 6.42 Å². The molecule has 12 heteroatoms. The van der Waals surface area contributed by atoms with Crippen LogP contribution in [0, 0.1) is 17.0 Å². The van der Waals surface area contributed by atoms with Crippen LogP contribution in [0.25, 0.3) is 5.95 Å². The van der Waals surface area contributed by atoms with Gasteiger partial charge in [0.25, 0.3) is 17.2 Å². The van der Waals surface area contributed by atoms with Crippen molar-refractivity contribution in [2.24, 2.45) is 0 Å². The Kier molecular flexibility index (Phi) is 6.00. The van der Waals surface area contributed by atoms with Crippen LogP contribution in [0.1, 0.15) is 28.7 Å². The number of nitro groups is 1. The maximum atomic E-state index is 12.9. The molecule has 0 bridgehead atoms. The monoisotopic (exact) mass is 428 g/mol.